The van der Waals surface area contributed by atoms with Gasteiger partial charge in [0.05, 0.1) is 46.4 Å². The molecule has 1 aliphatic carbocycles. The molecular weight excluding hydrogens is 422 g/mol. The molecule has 0 unspecified atom stereocenters. The lowest BCUT2D eigenvalue weighted by Gasteiger charge is -2.20. The number of rotatable bonds is 9. The molecule has 1 aliphatic rings. The summed E-state index contributed by atoms with van der Waals surface area (Å²) in [6.07, 6.45) is 8.07. The Balaban J connectivity index is 1.59. The van der Waals surface area contributed by atoms with Gasteiger partial charge in [0.15, 0.2) is 11.5 Å². The van der Waals surface area contributed by atoms with E-state index in [0.29, 0.717) is 30.3 Å². The van der Waals surface area contributed by atoms with E-state index in [4.69, 9.17) is 18.6 Å². The number of carbonyl (C=O) groups excluding carboxylic acids is 1. The lowest BCUT2D eigenvalue weighted by Crippen LogP contribution is -2.29. The van der Waals surface area contributed by atoms with E-state index in [1.165, 1.54) is 11.3 Å². The van der Waals surface area contributed by atoms with Crippen LogP contribution in [0.4, 0.5) is 0 Å². The highest BCUT2D eigenvalue weighted by Gasteiger charge is 2.24. The number of amides is 1. The molecule has 1 aromatic carbocycles. The number of carbonyl (C=O) groups is 1. The van der Waals surface area contributed by atoms with Crippen LogP contribution in [-0.2, 0) is 37.8 Å². The monoisotopic (exact) mass is 451 g/mol. The smallest absolute Gasteiger partial charge is 0.247 e. The molecule has 3 aromatic rings. The van der Waals surface area contributed by atoms with Gasteiger partial charge in [0, 0.05) is 18.8 Å². The third-order valence-electron chi connectivity index (χ3n) is 5.88. The molecule has 0 atom stereocenters. The largest absolute Gasteiger partial charge is 0.493 e. The molecule has 33 heavy (non-hydrogen) atoms. The number of hydrogen-bond donors (Lipinski definition) is 0. The molecule has 2 aromatic heterocycles. The maximum absolute atomic E-state index is 13.3. The molecule has 2 heterocycles. The maximum Gasteiger partial charge on any atom is 0.247 e. The molecule has 8 heteroatoms. The summed E-state index contributed by atoms with van der Waals surface area (Å²) in [6.45, 7) is 0.777. The average molecular weight is 452 g/mol. The molecule has 4 rings (SSSR count). The van der Waals surface area contributed by atoms with Gasteiger partial charge in [0.1, 0.15) is 5.76 Å². The van der Waals surface area contributed by atoms with E-state index in [0.717, 1.165) is 36.3 Å². The normalized spacial score (nSPS) is 12.7. The SMILES string of the molecule is COc1cc(C=CC(=O)N(Cc2ccco2)Cc2nn(C)c3c2CCC3)cc(OC)c1OC. The van der Waals surface area contributed by atoms with Crippen LogP contribution in [0.2, 0.25) is 0 Å². The second kappa shape index (κ2) is 9.85. The zero-order valence-electron chi connectivity index (χ0n) is 19.5. The Morgan fingerprint density at radius 1 is 1.15 bits per heavy atom. The number of aromatic nitrogens is 2. The lowest BCUT2D eigenvalue weighted by molar-refractivity contribution is -0.127. The minimum atomic E-state index is -0.141. The Kier molecular flexibility index (Phi) is 6.72. The van der Waals surface area contributed by atoms with Crippen LogP contribution >= 0.6 is 0 Å². The van der Waals surface area contributed by atoms with Crippen molar-refractivity contribution in [3.63, 3.8) is 0 Å². The Morgan fingerprint density at radius 2 is 1.91 bits per heavy atom. The number of furan rings is 1. The van der Waals surface area contributed by atoms with E-state index >= 15 is 0 Å². The fraction of sp³-hybridized carbons (Fsp3) is 0.360. The summed E-state index contributed by atoms with van der Waals surface area (Å²) in [5.74, 6) is 2.14. The van der Waals surface area contributed by atoms with Crippen LogP contribution in [0, 0.1) is 0 Å². The molecule has 0 spiro atoms. The third kappa shape index (κ3) is 4.74. The van der Waals surface area contributed by atoms with Gasteiger partial charge in [-0.15, -0.1) is 0 Å². The number of fused-ring (bicyclic) bond motifs is 1. The summed E-state index contributed by atoms with van der Waals surface area (Å²) >= 11 is 0. The number of ether oxygens (including phenoxy) is 3. The Hall–Kier alpha value is -3.68. The van der Waals surface area contributed by atoms with Crippen molar-refractivity contribution in [2.75, 3.05) is 21.3 Å². The fourth-order valence-electron chi connectivity index (χ4n) is 4.28. The van der Waals surface area contributed by atoms with Gasteiger partial charge in [-0.05, 0) is 60.7 Å². The van der Waals surface area contributed by atoms with E-state index in [1.54, 1.807) is 56.8 Å². The van der Waals surface area contributed by atoms with Crippen molar-refractivity contribution in [2.24, 2.45) is 7.05 Å². The van der Waals surface area contributed by atoms with Crippen LogP contribution in [0.1, 0.15) is 34.7 Å². The molecule has 0 saturated carbocycles. The second-order valence-electron chi connectivity index (χ2n) is 7.91. The first kappa shape index (κ1) is 22.5. The van der Waals surface area contributed by atoms with E-state index in [2.05, 4.69) is 5.10 Å². The van der Waals surface area contributed by atoms with Crippen LogP contribution in [-0.4, -0.2) is 41.9 Å². The molecule has 0 aliphatic heterocycles. The summed E-state index contributed by atoms with van der Waals surface area (Å²) in [5.41, 5.74) is 4.24. The number of benzene rings is 1. The standard InChI is InChI=1S/C25H29N3O5/c1-27-21-9-5-8-19(21)20(26-27)16-28(15-18-7-6-12-33-18)24(29)11-10-17-13-22(30-2)25(32-4)23(14-17)31-3/h6-7,10-14H,5,8-9,15-16H2,1-4H3. The van der Waals surface area contributed by atoms with Crippen LogP contribution in [0.25, 0.3) is 6.08 Å². The fourth-order valence-corrected chi connectivity index (χ4v) is 4.28. The minimum absolute atomic E-state index is 0.141. The lowest BCUT2D eigenvalue weighted by atomic mass is 10.1. The quantitative estimate of drug-likeness (QED) is 0.461. The van der Waals surface area contributed by atoms with Crippen LogP contribution < -0.4 is 14.2 Å². The van der Waals surface area contributed by atoms with Crippen molar-refractivity contribution in [1.29, 1.82) is 0 Å². The maximum atomic E-state index is 13.3. The molecule has 0 saturated heterocycles. The molecule has 8 nitrogen and oxygen atoms in total. The summed E-state index contributed by atoms with van der Waals surface area (Å²) in [5, 5.41) is 4.69. The number of aryl methyl sites for hydroxylation is 1. The van der Waals surface area contributed by atoms with Crippen molar-refractivity contribution in [3.8, 4) is 17.2 Å². The molecule has 1 amide bonds. The molecule has 0 fully saturated rings. The van der Waals surface area contributed by atoms with Crippen molar-refractivity contribution < 1.29 is 23.4 Å². The van der Waals surface area contributed by atoms with Gasteiger partial charge in [-0.2, -0.15) is 5.10 Å². The number of nitrogens with zero attached hydrogens (tertiary/aromatic N) is 3. The Morgan fingerprint density at radius 3 is 2.55 bits per heavy atom. The van der Waals surface area contributed by atoms with Crippen molar-refractivity contribution in [2.45, 2.75) is 32.4 Å². The van der Waals surface area contributed by atoms with Crippen molar-refractivity contribution >= 4 is 12.0 Å². The van der Waals surface area contributed by atoms with E-state index in [9.17, 15) is 4.79 Å². The predicted octanol–water partition coefficient (Wildman–Crippen LogP) is 3.77. The molecule has 174 valence electrons. The Bertz CT molecular complexity index is 1120. The molecular formula is C25H29N3O5. The van der Waals surface area contributed by atoms with Crippen LogP contribution in [0.3, 0.4) is 0 Å². The summed E-state index contributed by atoms with van der Waals surface area (Å²) < 4.78 is 23.6. The van der Waals surface area contributed by atoms with E-state index < -0.39 is 0 Å². The van der Waals surface area contributed by atoms with Gasteiger partial charge >= 0.3 is 0 Å². The summed E-state index contributed by atoms with van der Waals surface area (Å²) in [7, 11) is 6.65. The van der Waals surface area contributed by atoms with Gasteiger partial charge in [0.2, 0.25) is 11.7 Å². The summed E-state index contributed by atoms with van der Waals surface area (Å²) in [4.78, 5) is 15.0. The van der Waals surface area contributed by atoms with E-state index in [1.807, 2.05) is 23.9 Å². The zero-order chi connectivity index (χ0) is 23.4. The summed E-state index contributed by atoms with van der Waals surface area (Å²) in [6, 6.07) is 7.29. The van der Waals surface area contributed by atoms with Gasteiger partial charge < -0.3 is 23.5 Å². The van der Waals surface area contributed by atoms with Gasteiger partial charge in [-0.1, -0.05) is 0 Å². The molecule has 0 radical (unpaired) electrons. The first-order valence-corrected chi connectivity index (χ1v) is 10.9. The third-order valence-corrected chi connectivity index (χ3v) is 5.88. The first-order chi connectivity index (χ1) is 16.0. The van der Waals surface area contributed by atoms with Crippen molar-refractivity contribution in [3.05, 3.63) is 64.9 Å². The first-order valence-electron chi connectivity index (χ1n) is 10.9. The molecule has 0 bridgehead atoms. The topological polar surface area (TPSA) is 79.0 Å². The van der Waals surface area contributed by atoms with E-state index in [-0.39, 0.29) is 5.91 Å². The van der Waals surface area contributed by atoms with Crippen LogP contribution in [0.15, 0.2) is 41.0 Å². The molecule has 0 N–H and O–H groups in total. The highest BCUT2D eigenvalue weighted by Crippen LogP contribution is 2.38. The van der Waals surface area contributed by atoms with Gasteiger partial charge in [-0.25, -0.2) is 0 Å². The number of methoxy groups -OCH3 is 3. The van der Waals surface area contributed by atoms with Gasteiger partial charge in [-0.3, -0.25) is 9.48 Å². The van der Waals surface area contributed by atoms with Gasteiger partial charge in [0.25, 0.3) is 0 Å². The van der Waals surface area contributed by atoms with Crippen LogP contribution in [0.5, 0.6) is 17.2 Å². The highest BCUT2D eigenvalue weighted by atomic mass is 16.5. The average Bonchev–Trinajstić information content (AvgIpc) is 3.57. The minimum Gasteiger partial charge on any atom is -0.493 e. The predicted molar refractivity (Wildman–Crippen MR) is 123 cm³/mol. The Labute approximate surface area is 193 Å². The second-order valence-corrected chi connectivity index (χ2v) is 7.91. The number of hydrogen-bond acceptors (Lipinski definition) is 6. The highest BCUT2D eigenvalue weighted by molar-refractivity contribution is 5.92. The van der Waals surface area contributed by atoms with Crippen molar-refractivity contribution in [1.82, 2.24) is 14.7 Å². The zero-order valence-corrected chi connectivity index (χ0v) is 19.5.